The van der Waals surface area contributed by atoms with Gasteiger partial charge in [-0.15, -0.1) is 0 Å². The first kappa shape index (κ1) is 13.8. The van der Waals surface area contributed by atoms with Crippen molar-refractivity contribution < 1.29 is 9.53 Å². The van der Waals surface area contributed by atoms with Crippen LogP contribution in [0.3, 0.4) is 0 Å². The van der Waals surface area contributed by atoms with Crippen LogP contribution in [0.4, 0.5) is 0 Å². The van der Waals surface area contributed by atoms with E-state index in [-0.39, 0.29) is 12.0 Å². The molecule has 1 heterocycles. The summed E-state index contributed by atoms with van der Waals surface area (Å²) in [5.41, 5.74) is 0. The lowest BCUT2D eigenvalue weighted by molar-refractivity contribution is -0.143. The van der Waals surface area contributed by atoms with Crippen molar-refractivity contribution in [2.45, 2.75) is 50.9 Å². The Hall–Kier alpha value is -0.220. The average molecular weight is 245 g/mol. The molecule has 1 N–H and O–H groups in total. The Kier molecular flexibility index (Phi) is 5.62. The summed E-state index contributed by atoms with van der Waals surface area (Å²) in [4.78, 5) is 11.6. The van der Waals surface area contributed by atoms with E-state index in [0.29, 0.717) is 17.2 Å². The zero-order valence-electron chi connectivity index (χ0n) is 10.7. The van der Waals surface area contributed by atoms with Gasteiger partial charge in [0.2, 0.25) is 0 Å². The molecule has 1 rings (SSSR count). The summed E-state index contributed by atoms with van der Waals surface area (Å²) in [7, 11) is 1.46. The second-order valence-corrected chi connectivity index (χ2v) is 6.42. The van der Waals surface area contributed by atoms with Crippen molar-refractivity contribution in [2.24, 2.45) is 5.92 Å². The van der Waals surface area contributed by atoms with Crippen LogP contribution in [0.5, 0.6) is 0 Å². The third-order valence-electron chi connectivity index (χ3n) is 2.83. The van der Waals surface area contributed by atoms with Gasteiger partial charge in [-0.3, -0.25) is 4.79 Å². The minimum Gasteiger partial charge on any atom is -0.468 e. The standard InChI is InChI=1S/C12H23NO2S/c1-8(2)5-11(12(14)15-4)13-10-6-9(3)16-7-10/h8-11,13H,5-7H2,1-4H3. The lowest BCUT2D eigenvalue weighted by Crippen LogP contribution is -2.44. The molecule has 1 aliphatic heterocycles. The maximum Gasteiger partial charge on any atom is 0.322 e. The summed E-state index contributed by atoms with van der Waals surface area (Å²) < 4.78 is 4.84. The number of carbonyl (C=O) groups is 1. The third kappa shape index (κ3) is 4.34. The van der Waals surface area contributed by atoms with Crippen molar-refractivity contribution in [3.63, 3.8) is 0 Å². The Balaban J connectivity index is 2.46. The molecule has 0 radical (unpaired) electrons. The number of methoxy groups -OCH3 is 1. The second-order valence-electron chi connectivity index (χ2n) is 4.95. The smallest absolute Gasteiger partial charge is 0.322 e. The van der Waals surface area contributed by atoms with Crippen molar-refractivity contribution in [2.75, 3.05) is 12.9 Å². The molecule has 0 aliphatic carbocycles. The van der Waals surface area contributed by atoms with Crippen LogP contribution in [0.1, 0.15) is 33.6 Å². The first-order valence-corrected chi connectivity index (χ1v) is 7.03. The zero-order chi connectivity index (χ0) is 12.1. The van der Waals surface area contributed by atoms with Crippen molar-refractivity contribution in [1.29, 1.82) is 0 Å². The number of thioether (sulfide) groups is 1. The predicted molar refractivity (Wildman–Crippen MR) is 68.7 cm³/mol. The number of esters is 1. The van der Waals surface area contributed by atoms with Crippen LogP contribution in [0.15, 0.2) is 0 Å². The Morgan fingerprint density at radius 1 is 1.56 bits per heavy atom. The largest absolute Gasteiger partial charge is 0.468 e. The van der Waals surface area contributed by atoms with E-state index in [2.05, 4.69) is 26.1 Å². The topological polar surface area (TPSA) is 38.3 Å². The second kappa shape index (κ2) is 6.50. The van der Waals surface area contributed by atoms with Crippen LogP contribution in [0, 0.1) is 5.92 Å². The van der Waals surface area contributed by atoms with Gasteiger partial charge in [0.15, 0.2) is 0 Å². The maximum atomic E-state index is 11.6. The monoisotopic (exact) mass is 245 g/mol. The number of hydrogen-bond acceptors (Lipinski definition) is 4. The number of rotatable bonds is 5. The minimum absolute atomic E-state index is 0.127. The molecule has 1 aliphatic rings. The van der Waals surface area contributed by atoms with E-state index < -0.39 is 0 Å². The van der Waals surface area contributed by atoms with Gasteiger partial charge in [-0.2, -0.15) is 11.8 Å². The zero-order valence-corrected chi connectivity index (χ0v) is 11.5. The molecule has 3 unspecified atom stereocenters. The highest BCUT2D eigenvalue weighted by Gasteiger charge is 2.28. The van der Waals surface area contributed by atoms with Crippen LogP contribution in [0.2, 0.25) is 0 Å². The van der Waals surface area contributed by atoms with Crippen LogP contribution < -0.4 is 5.32 Å². The number of ether oxygens (including phenoxy) is 1. The summed E-state index contributed by atoms with van der Waals surface area (Å²) in [6.07, 6.45) is 2.00. The Morgan fingerprint density at radius 2 is 2.25 bits per heavy atom. The third-order valence-corrected chi connectivity index (χ3v) is 4.18. The molecule has 0 saturated carbocycles. The van der Waals surface area contributed by atoms with Crippen molar-refractivity contribution >= 4 is 17.7 Å². The minimum atomic E-state index is -0.138. The summed E-state index contributed by atoms with van der Waals surface area (Å²) in [6.45, 7) is 6.50. The molecule has 94 valence electrons. The van der Waals surface area contributed by atoms with Crippen molar-refractivity contribution in [3.8, 4) is 0 Å². The normalized spacial score (nSPS) is 27.1. The molecule has 0 aromatic carbocycles. The quantitative estimate of drug-likeness (QED) is 0.752. The highest BCUT2D eigenvalue weighted by molar-refractivity contribution is 8.00. The summed E-state index contributed by atoms with van der Waals surface area (Å²) in [6, 6.07) is 0.323. The Morgan fingerprint density at radius 3 is 2.69 bits per heavy atom. The van der Waals surface area contributed by atoms with Gasteiger partial charge in [0.05, 0.1) is 7.11 Å². The molecule has 3 nitrogen and oxygen atoms in total. The summed E-state index contributed by atoms with van der Waals surface area (Å²) >= 11 is 1.97. The molecule has 1 fully saturated rings. The van der Waals surface area contributed by atoms with Gasteiger partial charge in [-0.1, -0.05) is 20.8 Å². The Labute approximate surface area is 103 Å². The van der Waals surface area contributed by atoms with Crippen molar-refractivity contribution in [1.82, 2.24) is 5.32 Å². The predicted octanol–water partition coefficient (Wildman–Crippen LogP) is 2.06. The highest BCUT2D eigenvalue weighted by atomic mass is 32.2. The Bertz CT molecular complexity index is 233. The molecule has 4 heteroatoms. The molecular formula is C12H23NO2S. The number of hydrogen-bond donors (Lipinski definition) is 1. The molecule has 0 aromatic rings. The van der Waals surface area contributed by atoms with Gasteiger partial charge in [0.25, 0.3) is 0 Å². The van der Waals surface area contributed by atoms with Gasteiger partial charge >= 0.3 is 5.97 Å². The summed E-state index contributed by atoms with van der Waals surface area (Å²) in [5, 5.41) is 4.14. The van der Waals surface area contributed by atoms with Gasteiger partial charge < -0.3 is 10.1 Å². The highest BCUT2D eigenvalue weighted by Crippen LogP contribution is 2.26. The average Bonchev–Trinajstić information content (AvgIpc) is 2.61. The van der Waals surface area contributed by atoms with E-state index in [1.807, 2.05) is 11.8 Å². The van der Waals surface area contributed by atoms with E-state index in [0.717, 1.165) is 18.6 Å². The van der Waals surface area contributed by atoms with Gasteiger partial charge in [0.1, 0.15) is 6.04 Å². The van der Waals surface area contributed by atoms with E-state index in [9.17, 15) is 4.79 Å². The number of carbonyl (C=O) groups excluding carboxylic acids is 1. The van der Waals surface area contributed by atoms with Crippen LogP contribution in [-0.4, -0.2) is 36.2 Å². The van der Waals surface area contributed by atoms with Crippen LogP contribution in [-0.2, 0) is 9.53 Å². The van der Waals surface area contributed by atoms with Crippen molar-refractivity contribution in [3.05, 3.63) is 0 Å². The van der Waals surface area contributed by atoms with Crippen LogP contribution in [0.25, 0.3) is 0 Å². The fourth-order valence-corrected chi connectivity index (χ4v) is 3.23. The fraction of sp³-hybridized carbons (Fsp3) is 0.917. The first-order valence-electron chi connectivity index (χ1n) is 5.98. The molecule has 0 bridgehead atoms. The molecule has 16 heavy (non-hydrogen) atoms. The molecule has 0 amide bonds. The molecule has 1 saturated heterocycles. The summed E-state index contributed by atoms with van der Waals surface area (Å²) in [5.74, 6) is 1.48. The lowest BCUT2D eigenvalue weighted by atomic mass is 10.0. The SMILES string of the molecule is COC(=O)C(CC(C)C)NC1CSC(C)C1. The van der Waals surface area contributed by atoms with E-state index >= 15 is 0 Å². The number of nitrogens with one attached hydrogen (secondary N) is 1. The van der Waals surface area contributed by atoms with Gasteiger partial charge in [0, 0.05) is 17.0 Å². The van der Waals surface area contributed by atoms with Gasteiger partial charge in [-0.05, 0) is 18.8 Å². The van der Waals surface area contributed by atoms with E-state index in [4.69, 9.17) is 4.74 Å². The lowest BCUT2D eigenvalue weighted by Gasteiger charge is -2.22. The maximum absolute atomic E-state index is 11.6. The van der Waals surface area contributed by atoms with Gasteiger partial charge in [-0.25, -0.2) is 0 Å². The fourth-order valence-electron chi connectivity index (χ4n) is 2.06. The first-order chi connectivity index (χ1) is 7.52. The van der Waals surface area contributed by atoms with E-state index in [1.165, 1.54) is 7.11 Å². The molecule has 3 atom stereocenters. The molecule has 0 aromatic heterocycles. The van der Waals surface area contributed by atoms with Crippen LogP contribution >= 0.6 is 11.8 Å². The van der Waals surface area contributed by atoms with E-state index in [1.54, 1.807) is 0 Å². The molecule has 0 spiro atoms. The molecular weight excluding hydrogens is 222 g/mol.